The zero-order chi connectivity index (χ0) is 6.57. The molecule has 3 nitrogen and oxygen atoms in total. The van der Waals surface area contributed by atoms with E-state index in [9.17, 15) is 4.79 Å². The van der Waals surface area contributed by atoms with Gasteiger partial charge in [-0.3, -0.25) is 4.79 Å². The van der Waals surface area contributed by atoms with Crippen LogP contribution in [0.15, 0.2) is 0 Å². The van der Waals surface area contributed by atoms with Crippen molar-refractivity contribution in [2.45, 2.75) is 13.0 Å². The fourth-order valence-corrected chi connectivity index (χ4v) is 0.260. The molecule has 0 aliphatic carbocycles. The topological polar surface area (TPSA) is 38.3 Å². The third kappa shape index (κ3) is 1.93. The Kier molecular flexibility index (Phi) is 3.19. The molecule has 0 amide bonds. The van der Waals surface area contributed by atoms with Crippen LogP contribution < -0.4 is 5.32 Å². The average molecular weight is 116 g/mol. The Labute approximate surface area is 49.0 Å². The number of hydrogen-bond donors (Lipinski definition) is 1. The molecule has 0 saturated carbocycles. The maximum absolute atomic E-state index is 10.4. The van der Waals surface area contributed by atoms with Crippen molar-refractivity contribution in [2.24, 2.45) is 0 Å². The SMILES string of the molecule is [CH2]NC(C)C(=O)OC. The highest BCUT2D eigenvalue weighted by atomic mass is 16.5. The van der Waals surface area contributed by atoms with Gasteiger partial charge in [-0.05, 0) is 6.92 Å². The molecule has 1 atom stereocenters. The average Bonchev–Trinajstić information content (AvgIpc) is 1.84. The molecule has 8 heavy (non-hydrogen) atoms. The number of carbonyl (C=O) groups is 1. The number of ether oxygens (including phenoxy) is 1. The van der Waals surface area contributed by atoms with Crippen LogP contribution in [0, 0.1) is 7.05 Å². The van der Waals surface area contributed by atoms with Gasteiger partial charge in [0.05, 0.1) is 7.11 Å². The molecule has 0 bridgehead atoms. The molecule has 0 aromatic heterocycles. The molecule has 1 radical (unpaired) electrons. The van der Waals surface area contributed by atoms with Crippen LogP contribution in [0.4, 0.5) is 0 Å². The van der Waals surface area contributed by atoms with Crippen LogP contribution in [-0.2, 0) is 9.53 Å². The van der Waals surface area contributed by atoms with Gasteiger partial charge < -0.3 is 10.1 Å². The van der Waals surface area contributed by atoms with Crippen molar-refractivity contribution in [3.8, 4) is 0 Å². The van der Waals surface area contributed by atoms with Gasteiger partial charge in [0.1, 0.15) is 6.04 Å². The minimum absolute atomic E-state index is 0.292. The third-order valence-electron chi connectivity index (χ3n) is 0.861. The molecule has 0 aliphatic heterocycles. The third-order valence-corrected chi connectivity index (χ3v) is 0.861. The van der Waals surface area contributed by atoms with Gasteiger partial charge in [-0.1, -0.05) is 0 Å². The summed E-state index contributed by atoms with van der Waals surface area (Å²) in [7, 11) is 4.65. The quantitative estimate of drug-likeness (QED) is 0.513. The number of methoxy groups -OCH3 is 1. The summed E-state index contributed by atoms with van der Waals surface area (Å²) in [6.07, 6.45) is 0. The van der Waals surface area contributed by atoms with Crippen molar-refractivity contribution in [2.75, 3.05) is 7.11 Å². The van der Waals surface area contributed by atoms with Crippen LogP contribution in [0.1, 0.15) is 6.92 Å². The Balaban J connectivity index is 3.46. The van der Waals surface area contributed by atoms with E-state index in [1.54, 1.807) is 6.92 Å². The number of nitrogens with one attached hydrogen (secondary N) is 1. The van der Waals surface area contributed by atoms with Crippen molar-refractivity contribution in [1.82, 2.24) is 5.32 Å². The van der Waals surface area contributed by atoms with E-state index in [-0.39, 0.29) is 12.0 Å². The molecule has 0 heterocycles. The molecule has 0 rings (SSSR count). The Bertz CT molecular complexity index is 82.5. The highest BCUT2D eigenvalue weighted by Crippen LogP contribution is 1.81. The predicted octanol–water partition coefficient (Wildman–Crippen LogP) is -0.0709. The second kappa shape index (κ2) is 3.43. The molecule has 0 saturated heterocycles. The highest BCUT2D eigenvalue weighted by Gasteiger charge is 2.07. The number of esters is 1. The standard InChI is InChI=1S/C5H10NO2/c1-4(6-2)5(7)8-3/h4,6H,2H2,1,3H3. The molecule has 0 spiro atoms. The van der Waals surface area contributed by atoms with Gasteiger partial charge in [-0.25, -0.2) is 0 Å². The molecule has 3 heteroatoms. The smallest absolute Gasteiger partial charge is 0.322 e. The number of rotatable bonds is 2. The summed E-state index contributed by atoms with van der Waals surface area (Å²) in [6, 6.07) is -0.306. The first-order chi connectivity index (χ1) is 3.72. The monoisotopic (exact) mass is 116 g/mol. The molecule has 0 fully saturated rings. The summed E-state index contributed by atoms with van der Waals surface area (Å²) < 4.78 is 4.36. The zero-order valence-electron chi connectivity index (χ0n) is 5.10. The minimum Gasteiger partial charge on any atom is -0.468 e. The lowest BCUT2D eigenvalue weighted by Crippen LogP contribution is -2.30. The molecular weight excluding hydrogens is 106 g/mol. The Hall–Kier alpha value is -0.570. The van der Waals surface area contributed by atoms with Crippen molar-refractivity contribution in [3.05, 3.63) is 7.05 Å². The van der Waals surface area contributed by atoms with Crippen LogP contribution >= 0.6 is 0 Å². The van der Waals surface area contributed by atoms with Gasteiger partial charge in [0.2, 0.25) is 0 Å². The second-order valence-corrected chi connectivity index (χ2v) is 1.45. The van der Waals surface area contributed by atoms with E-state index in [0.29, 0.717) is 0 Å². The Morgan fingerprint density at radius 1 is 1.88 bits per heavy atom. The van der Waals surface area contributed by atoms with Crippen molar-refractivity contribution in [1.29, 1.82) is 0 Å². The summed E-state index contributed by atoms with van der Waals surface area (Å²) in [5.74, 6) is -0.292. The predicted molar refractivity (Wildman–Crippen MR) is 30.0 cm³/mol. The van der Waals surface area contributed by atoms with Crippen molar-refractivity contribution < 1.29 is 9.53 Å². The van der Waals surface area contributed by atoms with E-state index in [1.165, 1.54) is 7.11 Å². The molecular formula is C5H10NO2. The van der Waals surface area contributed by atoms with E-state index >= 15 is 0 Å². The first-order valence-corrected chi connectivity index (χ1v) is 2.32. The highest BCUT2D eigenvalue weighted by molar-refractivity contribution is 5.75. The van der Waals surface area contributed by atoms with E-state index in [0.717, 1.165) is 0 Å². The first-order valence-electron chi connectivity index (χ1n) is 2.32. The molecule has 0 aliphatic rings. The van der Waals surface area contributed by atoms with Gasteiger partial charge in [-0.15, -0.1) is 0 Å². The van der Waals surface area contributed by atoms with Crippen LogP contribution in [-0.4, -0.2) is 19.1 Å². The molecule has 1 unspecified atom stereocenters. The summed E-state index contributed by atoms with van der Waals surface area (Å²) in [4.78, 5) is 10.4. The fourth-order valence-electron chi connectivity index (χ4n) is 0.260. The lowest BCUT2D eigenvalue weighted by atomic mass is 10.4. The normalized spacial score (nSPS) is 12.9. The largest absolute Gasteiger partial charge is 0.468 e. The maximum Gasteiger partial charge on any atom is 0.322 e. The van der Waals surface area contributed by atoms with Crippen molar-refractivity contribution >= 4 is 5.97 Å². The van der Waals surface area contributed by atoms with Crippen LogP contribution in [0.5, 0.6) is 0 Å². The van der Waals surface area contributed by atoms with Gasteiger partial charge in [0, 0.05) is 7.05 Å². The molecule has 0 aromatic carbocycles. The minimum atomic E-state index is -0.306. The molecule has 0 aromatic rings. The lowest BCUT2D eigenvalue weighted by Gasteiger charge is -2.04. The van der Waals surface area contributed by atoms with Crippen LogP contribution in [0.2, 0.25) is 0 Å². The number of hydrogen-bond acceptors (Lipinski definition) is 3. The Morgan fingerprint density at radius 2 is 2.38 bits per heavy atom. The van der Waals surface area contributed by atoms with Crippen LogP contribution in [0.3, 0.4) is 0 Å². The lowest BCUT2D eigenvalue weighted by molar-refractivity contribution is -0.142. The van der Waals surface area contributed by atoms with Gasteiger partial charge in [0.15, 0.2) is 0 Å². The fraction of sp³-hybridized carbons (Fsp3) is 0.600. The summed E-state index contributed by atoms with van der Waals surface area (Å²) in [5, 5.41) is 2.49. The Morgan fingerprint density at radius 3 is 2.50 bits per heavy atom. The van der Waals surface area contributed by atoms with E-state index in [2.05, 4.69) is 17.1 Å². The second-order valence-electron chi connectivity index (χ2n) is 1.45. The molecule has 47 valence electrons. The first kappa shape index (κ1) is 7.43. The van der Waals surface area contributed by atoms with E-state index in [4.69, 9.17) is 0 Å². The summed E-state index contributed by atoms with van der Waals surface area (Å²) in [5.41, 5.74) is 0. The zero-order valence-corrected chi connectivity index (χ0v) is 5.10. The van der Waals surface area contributed by atoms with Gasteiger partial charge in [0.25, 0.3) is 0 Å². The van der Waals surface area contributed by atoms with E-state index < -0.39 is 0 Å². The summed E-state index contributed by atoms with van der Waals surface area (Å²) >= 11 is 0. The van der Waals surface area contributed by atoms with E-state index in [1.807, 2.05) is 0 Å². The van der Waals surface area contributed by atoms with Gasteiger partial charge >= 0.3 is 5.97 Å². The summed E-state index contributed by atoms with van der Waals surface area (Å²) in [6.45, 7) is 1.68. The van der Waals surface area contributed by atoms with Gasteiger partial charge in [-0.2, -0.15) is 0 Å². The van der Waals surface area contributed by atoms with Crippen LogP contribution in [0.25, 0.3) is 0 Å². The van der Waals surface area contributed by atoms with Crippen molar-refractivity contribution in [3.63, 3.8) is 0 Å². The maximum atomic E-state index is 10.4. The molecule has 1 N–H and O–H groups in total. The number of carbonyl (C=O) groups excluding carboxylic acids is 1.